The molecule has 0 N–H and O–H groups in total. The molecule has 0 radical (unpaired) electrons. The van der Waals surface area contributed by atoms with Crippen LogP contribution in [0.4, 0.5) is 0 Å². The minimum absolute atomic E-state index is 0.424. The van der Waals surface area contributed by atoms with Crippen LogP contribution < -0.4 is 0 Å². The Morgan fingerprint density at radius 1 is 1.36 bits per heavy atom. The fourth-order valence-electron chi connectivity index (χ4n) is 0.864. The van der Waals surface area contributed by atoms with Crippen LogP contribution in [0.5, 0.6) is 0 Å². The molecule has 56 valence electrons. The third-order valence-electron chi connectivity index (χ3n) is 1.42. The first-order valence-corrected chi connectivity index (χ1v) is 3.18. The van der Waals surface area contributed by atoms with Gasteiger partial charge in [0.15, 0.2) is 5.76 Å². The van der Waals surface area contributed by atoms with Crippen molar-refractivity contribution in [3.8, 4) is 11.7 Å². The van der Waals surface area contributed by atoms with Crippen LogP contribution in [0.3, 0.4) is 0 Å². The number of rotatable bonds is 1. The zero-order valence-electron chi connectivity index (χ0n) is 5.94. The molecule has 0 unspecified atom stereocenters. The normalized spacial score (nSPS) is 10.3. The summed E-state index contributed by atoms with van der Waals surface area (Å²) in [6, 6.07) is 1.85. The van der Waals surface area contributed by atoms with Gasteiger partial charge >= 0.3 is 0 Å². The second kappa shape index (κ2) is 2.23. The van der Waals surface area contributed by atoms with Crippen molar-refractivity contribution in [2.45, 2.75) is 6.92 Å². The second-order valence-corrected chi connectivity index (χ2v) is 2.18. The average Bonchev–Trinajstić information content (AvgIpc) is 2.55. The Hall–Kier alpha value is -1.58. The Morgan fingerprint density at radius 2 is 2.27 bits per heavy atom. The molecule has 2 rings (SSSR count). The van der Waals surface area contributed by atoms with Crippen LogP contribution in [-0.2, 0) is 0 Å². The molecule has 0 aliphatic rings. The standard InChI is InChI=1S/C7H6N2O2/c1-5-2-3-10-6(5)7-9-8-4-11-7/h2-4H,1H3. The largest absolute Gasteiger partial charge is 0.459 e. The molecular weight excluding hydrogens is 144 g/mol. The molecule has 4 nitrogen and oxygen atoms in total. The first-order valence-electron chi connectivity index (χ1n) is 3.18. The molecule has 0 saturated heterocycles. The highest BCUT2D eigenvalue weighted by Gasteiger charge is 2.09. The van der Waals surface area contributed by atoms with Gasteiger partial charge in [-0.3, -0.25) is 0 Å². The maximum atomic E-state index is 5.11. The predicted octanol–water partition coefficient (Wildman–Crippen LogP) is 1.64. The Morgan fingerprint density at radius 3 is 2.82 bits per heavy atom. The first-order chi connectivity index (χ1) is 5.38. The third kappa shape index (κ3) is 0.920. The molecule has 2 aromatic rings. The molecule has 4 heteroatoms. The summed E-state index contributed by atoms with van der Waals surface area (Å²) in [5, 5.41) is 7.25. The van der Waals surface area contributed by atoms with Gasteiger partial charge in [-0.25, -0.2) is 0 Å². The van der Waals surface area contributed by atoms with E-state index in [1.165, 1.54) is 6.39 Å². The Labute approximate surface area is 62.8 Å². The van der Waals surface area contributed by atoms with Gasteiger partial charge in [0, 0.05) is 5.56 Å². The van der Waals surface area contributed by atoms with E-state index in [1.807, 2.05) is 13.0 Å². The van der Waals surface area contributed by atoms with Crippen molar-refractivity contribution in [2.24, 2.45) is 0 Å². The van der Waals surface area contributed by atoms with Gasteiger partial charge in [-0.15, -0.1) is 10.2 Å². The van der Waals surface area contributed by atoms with E-state index >= 15 is 0 Å². The molecule has 2 aromatic heterocycles. The van der Waals surface area contributed by atoms with Crippen molar-refractivity contribution in [3.05, 3.63) is 24.3 Å². The highest BCUT2D eigenvalue weighted by Crippen LogP contribution is 2.20. The topological polar surface area (TPSA) is 52.1 Å². The van der Waals surface area contributed by atoms with Crippen molar-refractivity contribution in [1.82, 2.24) is 10.2 Å². The lowest BCUT2D eigenvalue weighted by Crippen LogP contribution is -1.76. The average molecular weight is 150 g/mol. The van der Waals surface area contributed by atoms with Crippen LogP contribution in [0, 0.1) is 6.92 Å². The van der Waals surface area contributed by atoms with Gasteiger partial charge in [-0.05, 0) is 13.0 Å². The minimum atomic E-state index is 0.424. The maximum absolute atomic E-state index is 5.11. The van der Waals surface area contributed by atoms with E-state index in [0.29, 0.717) is 11.7 Å². The lowest BCUT2D eigenvalue weighted by atomic mass is 10.3. The van der Waals surface area contributed by atoms with Gasteiger partial charge in [-0.1, -0.05) is 0 Å². The summed E-state index contributed by atoms with van der Waals surface area (Å²) >= 11 is 0. The van der Waals surface area contributed by atoms with E-state index in [-0.39, 0.29) is 0 Å². The second-order valence-electron chi connectivity index (χ2n) is 2.18. The smallest absolute Gasteiger partial charge is 0.283 e. The summed E-state index contributed by atoms with van der Waals surface area (Å²) in [7, 11) is 0. The molecule has 0 spiro atoms. The number of hydrogen-bond acceptors (Lipinski definition) is 4. The fourth-order valence-corrected chi connectivity index (χ4v) is 0.864. The molecule has 0 aliphatic carbocycles. The van der Waals surface area contributed by atoms with Crippen LogP contribution >= 0.6 is 0 Å². The molecule has 0 aliphatic heterocycles. The maximum Gasteiger partial charge on any atom is 0.283 e. The van der Waals surface area contributed by atoms with Crippen LogP contribution in [-0.4, -0.2) is 10.2 Å². The molecule has 0 atom stereocenters. The molecule has 0 aromatic carbocycles. The summed E-state index contributed by atoms with van der Waals surface area (Å²) in [5.41, 5.74) is 0.995. The van der Waals surface area contributed by atoms with Gasteiger partial charge in [0.1, 0.15) is 0 Å². The molecule has 0 fully saturated rings. The summed E-state index contributed by atoms with van der Waals surface area (Å²) in [5.74, 6) is 1.06. The fraction of sp³-hybridized carbons (Fsp3) is 0.143. The van der Waals surface area contributed by atoms with E-state index in [9.17, 15) is 0 Å². The quantitative estimate of drug-likeness (QED) is 0.620. The summed E-state index contributed by atoms with van der Waals surface area (Å²) in [4.78, 5) is 0. The molecule has 0 amide bonds. The Kier molecular flexibility index (Phi) is 1.25. The van der Waals surface area contributed by atoms with Crippen molar-refractivity contribution >= 4 is 0 Å². The first kappa shape index (κ1) is 6.15. The number of furan rings is 1. The highest BCUT2D eigenvalue weighted by atomic mass is 16.4. The van der Waals surface area contributed by atoms with Crippen LogP contribution in [0.1, 0.15) is 5.56 Å². The third-order valence-corrected chi connectivity index (χ3v) is 1.42. The summed E-state index contributed by atoms with van der Waals surface area (Å²) in [6.07, 6.45) is 2.87. The highest BCUT2D eigenvalue weighted by molar-refractivity contribution is 5.48. The number of aryl methyl sites for hydroxylation is 1. The van der Waals surface area contributed by atoms with Crippen LogP contribution in [0.2, 0.25) is 0 Å². The van der Waals surface area contributed by atoms with Gasteiger partial charge in [0.2, 0.25) is 6.39 Å². The van der Waals surface area contributed by atoms with E-state index in [0.717, 1.165) is 5.56 Å². The van der Waals surface area contributed by atoms with Gasteiger partial charge in [0.05, 0.1) is 6.26 Å². The lowest BCUT2D eigenvalue weighted by molar-refractivity contribution is 0.514. The summed E-state index contributed by atoms with van der Waals surface area (Å²) in [6.45, 7) is 1.92. The van der Waals surface area contributed by atoms with Crippen molar-refractivity contribution in [3.63, 3.8) is 0 Å². The van der Waals surface area contributed by atoms with E-state index < -0.39 is 0 Å². The minimum Gasteiger partial charge on any atom is -0.459 e. The van der Waals surface area contributed by atoms with Crippen molar-refractivity contribution in [1.29, 1.82) is 0 Å². The lowest BCUT2D eigenvalue weighted by Gasteiger charge is -1.87. The molecule has 11 heavy (non-hydrogen) atoms. The molecule has 0 bridgehead atoms. The SMILES string of the molecule is Cc1ccoc1-c1nnco1. The van der Waals surface area contributed by atoms with Gasteiger partial charge in [0.25, 0.3) is 5.89 Å². The zero-order chi connectivity index (χ0) is 7.68. The molecular formula is C7H6N2O2. The number of hydrogen-bond donors (Lipinski definition) is 0. The van der Waals surface area contributed by atoms with E-state index in [2.05, 4.69) is 10.2 Å². The molecule has 2 heterocycles. The van der Waals surface area contributed by atoms with Gasteiger partial charge < -0.3 is 8.83 Å². The Bertz CT molecular complexity index is 337. The Balaban J connectivity index is 2.53. The van der Waals surface area contributed by atoms with E-state index in [1.54, 1.807) is 6.26 Å². The number of aromatic nitrogens is 2. The summed E-state index contributed by atoms with van der Waals surface area (Å²) < 4.78 is 10.1. The van der Waals surface area contributed by atoms with Crippen LogP contribution in [0.15, 0.2) is 27.6 Å². The van der Waals surface area contributed by atoms with Crippen LogP contribution in [0.25, 0.3) is 11.7 Å². The van der Waals surface area contributed by atoms with Gasteiger partial charge in [-0.2, -0.15) is 0 Å². The predicted molar refractivity (Wildman–Crippen MR) is 36.7 cm³/mol. The van der Waals surface area contributed by atoms with E-state index in [4.69, 9.17) is 8.83 Å². The number of nitrogens with zero attached hydrogens (tertiary/aromatic N) is 2. The monoisotopic (exact) mass is 150 g/mol. The zero-order valence-corrected chi connectivity index (χ0v) is 5.94. The van der Waals surface area contributed by atoms with Crippen molar-refractivity contribution < 1.29 is 8.83 Å². The van der Waals surface area contributed by atoms with Crippen molar-refractivity contribution in [2.75, 3.05) is 0 Å². The molecule has 0 saturated carbocycles.